The summed E-state index contributed by atoms with van der Waals surface area (Å²) in [6.07, 6.45) is 5.43. The molecule has 0 bridgehead atoms. The van der Waals surface area contributed by atoms with E-state index < -0.39 is 0 Å². The number of halogens is 1. The number of benzene rings is 3. The van der Waals surface area contributed by atoms with E-state index in [1.54, 1.807) is 45.2 Å². The van der Waals surface area contributed by atoms with Crippen molar-refractivity contribution in [3.05, 3.63) is 95.4 Å². The van der Waals surface area contributed by atoms with Crippen LogP contribution in [0.4, 0.5) is 10.1 Å². The quantitative estimate of drug-likeness (QED) is 0.220. The van der Waals surface area contributed by atoms with Crippen LogP contribution in [0, 0.1) is 5.82 Å². The number of fused-ring (bicyclic) bond motifs is 2. The van der Waals surface area contributed by atoms with E-state index >= 15 is 0 Å². The predicted molar refractivity (Wildman–Crippen MR) is 196 cm³/mol. The van der Waals surface area contributed by atoms with Crippen molar-refractivity contribution < 1.29 is 23.1 Å². The van der Waals surface area contributed by atoms with Crippen LogP contribution < -0.4 is 15.5 Å². The topological polar surface area (TPSA) is 87.1 Å². The number of hydrogen-bond acceptors (Lipinski definition) is 8. The van der Waals surface area contributed by atoms with Crippen molar-refractivity contribution in [1.82, 2.24) is 15.5 Å². The van der Waals surface area contributed by atoms with E-state index in [1.807, 2.05) is 57.8 Å². The number of furan rings is 1. The normalized spacial score (nSPS) is 13.6. The zero-order valence-electron chi connectivity index (χ0n) is 28.8. The van der Waals surface area contributed by atoms with E-state index in [2.05, 4.69) is 70.1 Å². The minimum absolute atomic E-state index is 0.193. The van der Waals surface area contributed by atoms with Gasteiger partial charge in [-0.25, -0.2) is 4.39 Å². The molecule has 10 heteroatoms. The summed E-state index contributed by atoms with van der Waals surface area (Å²) in [5.74, 6) is -0.196. The number of amides is 1. The molecule has 8 nitrogen and oxygen atoms in total. The van der Waals surface area contributed by atoms with Gasteiger partial charge in [0.2, 0.25) is 0 Å². The maximum absolute atomic E-state index is 13.6. The molecular weight excluding hydrogens is 615 g/mol. The van der Waals surface area contributed by atoms with Crippen LogP contribution in [0.1, 0.15) is 50.0 Å². The average Bonchev–Trinajstić information content (AvgIpc) is 3.81. The molecule has 0 aliphatic carbocycles. The number of rotatable bonds is 5. The first-order chi connectivity index (χ1) is 22.8. The van der Waals surface area contributed by atoms with Gasteiger partial charge < -0.3 is 34.4 Å². The third-order valence-corrected chi connectivity index (χ3v) is 7.50. The average molecular weight is 663 g/mol. The standard InChI is InChI=1S/C29H25FN4O2S.C3H8.C2H6O.C2H6.CH2O/c1-31-28(35)26-22-14-21(18-5-4-6-19(13-18)23-16-34-11-12-37-29(34)32-23)24(33(2)3)15-25(22)36-27(26)17-7-9-20(30)10-8-17;2*1-3-2;2*1-2/h4-16,29,32H,1-3H3,(H,31,35);3H2,1-2H3;1-2H3;1-2H3;1H2. The smallest absolute Gasteiger partial charge is 0.255 e. The molecule has 6 rings (SSSR count). The van der Waals surface area contributed by atoms with Crippen molar-refractivity contribution >= 4 is 46.8 Å². The third-order valence-electron chi connectivity index (χ3n) is 6.60. The summed E-state index contributed by atoms with van der Waals surface area (Å²) < 4.78 is 24.1. The summed E-state index contributed by atoms with van der Waals surface area (Å²) in [5, 5.41) is 9.06. The van der Waals surface area contributed by atoms with E-state index in [9.17, 15) is 9.18 Å². The molecular formula is C37H47FN4O4S. The first kappa shape index (κ1) is 38.6. The van der Waals surface area contributed by atoms with Crippen LogP contribution in [0.5, 0.6) is 0 Å². The Kier molecular flexibility index (Phi) is 15.8. The number of methoxy groups -OCH3 is 1. The Morgan fingerprint density at radius 1 is 1.04 bits per heavy atom. The highest BCUT2D eigenvalue weighted by atomic mass is 32.2. The summed E-state index contributed by atoms with van der Waals surface area (Å²) in [6, 6.07) is 18.3. The van der Waals surface area contributed by atoms with E-state index in [0.29, 0.717) is 27.9 Å². The first-order valence-electron chi connectivity index (χ1n) is 15.4. The summed E-state index contributed by atoms with van der Waals surface area (Å²) in [7, 11) is 8.81. The van der Waals surface area contributed by atoms with Crippen LogP contribution in [0.15, 0.2) is 82.9 Å². The summed E-state index contributed by atoms with van der Waals surface area (Å²) in [6.45, 7) is 10.2. The van der Waals surface area contributed by atoms with Crippen molar-refractivity contribution in [1.29, 1.82) is 0 Å². The van der Waals surface area contributed by atoms with Gasteiger partial charge in [0.15, 0.2) is 5.50 Å². The fraction of sp³-hybridized carbons (Fsp3) is 0.297. The second kappa shape index (κ2) is 19.2. The molecule has 2 aliphatic rings. The molecule has 1 amide bonds. The second-order valence-corrected chi connectivity index (χ2v) is 11.2. The Morgan fingerprint density at radius 3 is 2.23 bits per heavy atom. The van der Waals surface area contributed by atoms with E-state index in [4.69, 9.17) is 9.21 Å². The van der Waals surface area contributed by atoms with Gasteiger partial charge in [0, 0.05) is 76.0 Å². The van der Waals surface area contributed by atoms with Crippen molar-refractivity contribution in [3.8, 4) is 22.5 Å². The molecule has 1 aromatic heterocycles. The van der Waals surface area contributed by atoms with E-state index in [0.717, 1.165) is 28.1 Å². The number of nitrogens with one attached hydrogen (secondary N) is 2. The molecule has 1 atom stereocenters. The molecule has 0 spiro atoms. The SMILES string of the molecule is C=O.CC.CCC.CNC(=O)c1c(-c2ccc(F)cc2)oc2cc(N(C)C)c(-c3cccc(C4=CN5C=CSC5N4)c3)cc12.COC. The van der Waals surface area contributed by atoms with Crippen LogP contribution in [0.25, 0.3) is 39.1 Å². The maximum atomic E-state index is 13.6. The Balaban J connectivity index is 0.000000694. The maximum Gasteiger partial charge on any atom is 0.255 e. The van der Waals surface area contributed by atoms with Gasteiger partial charge in [0.05, 0.1) is 11.3 Å². The molecule has 0 radical (unpaired) electrons. The molecule has 4 aromatic rings. The molecule has 3 heterocycles. The van der Waals surface area contributed by atoms with Gasteiger partial charge in [-0.15, -0.1) is 0 Å². The fourth-order valence-electron chi connectivity index (χ4n) is 4.77. The van der Waals surface area contributed by atoms with Crippen molar-refractivity contribution in [3.63, 3.8) is 0 Å². The molecule has 0 saturated carbocycles. The molecule has 0 saturated heterocycles. The number of carbonyl (C=O) groups is 2. The molecule has 0 fully saturated rings. The highest BCUT2D eigenvalue weighted by molar-refractivity contribution is 8.02. The van der Waals surface area contributed by atoms with Gasteiger partial charge in [-0.05, 0) is 52.9 Å². The number of carbonyl (C=O) groups excluding carboxylic acids is 2. The minimum atomic E-state index is -0.347. The van der Waals surface area contributed by atoms with E-state index in [-0.39, 0.29) is 17.2 Å². The molecule has 252 valence electrons. The summed E-state index contributed by atoms with van der Waals surface area (Å²) in [4.78, 5) is 25.2. The predicted octanol–water partition coefficient (Wildman–Crippen LogP) is 8.56. The van der Waals surface area contributed by atoms with Crippen molar-refractivity contribution in [2.24, 2.45) is 0 Å². The van der Waals surface area contributed by atoms with Crippen LogP contribution in [0.2, 0.25) is 0 Å². The van der Waals surface area contributed by atoms with Crippen LogP contribution >= 0.6 is 11.8 Å². The van der Waals surface area contributed by atoms with Gasteiger partial charge in [-0.3, -0.25) is 4.79 Å². The van der Waals surface area contributed by atoms with E-state index in [1.165, 1.54) is 18.6 Å². The highest BCUT2D eigenvalue weighted by Crippen LogP contribution is 2.41. The molecule has 2 aliphatic heterocycles. The van der Waals surface area contributed by atoms with Crippen LogP contribution in [-0.4, -0.2) is 58.5 Å². The minimum Gasteiger partial charge on any atom is -0.455 e. The highest BCUT2D eigenvalue weighted by Gasteiger charge is 2.27. The first-order valence-corrected chi connectivity index (χ1v) is 16.3. The number of nitrogens with zero attached hydrogens (tertiary/aromatic N) is 2. The van der Waals surface area contributed by atoms with Crippen molar-refractivity contribution in [2.75, 3.05) is 40.3 Å². The lowest BCUT2D eigenvalue weighted by atomic mass is 9.96. The zero-order valence-corrected chi connectivity index (χ0v) is 29.6. The Bertz CT molecular complexity index is 1650. The lowest BCUT2D eigenvalue weighted by Crippen LogP contribution is -2.25. The molecule has 47 heavy (non-hydrogen) atoms. The van der Waals surface area contributed by atoms with Gasteiger partial charge >= 0.3 is 0 Å². The monoisotopic (exact) mass is 662 g/mol. The van der Waals surface area contributed by atoms with Crippen LogP contribution in [-0.2, 0) is 9.53 Å². The largest absolute Gasteiger partial charge is 0.455 e. The number of thioether (sulfide) groups is 1. The van der Waals surface area contributed by atoms with Gasteiger partial charge in [0.25, 0.3) is 5.91 Å². The van der Waals surface area contributed by atoms with Gasteiger partial charge in [0.1, 0.15) is 23.9 Å². The number of anilines is 1. The number of hydrogen-bond donors (Lipinski definition) is 2. The van der Waals surface area contributed by atoms with Gasteiger partial charge in [-0.2, -0.15) is 0 Å². The van der Waals surface area contributed by atoms with Crippen molar-refractivity contribution in [2.45, 2.75) is 39.6 Å². The lowest BCUT2D eigenvalue weighted by molar-refractivity contribution is -0.0980. The van der Waals surface area contributed by atoms with Gasteiger partial charge in [-0.1, -0.05) is 64.1 Å². The Labute approximate surface area is 282 Å². The second-order valence-electron chi connectivity index (χ2n) is 10.3. The molecule has 2 N–H and O–H groups in total. The zero-order chi connectivity index (χ0) is 35.1. The Hall–Kier alpha value is -4.54. The molecule has 1 unspecified atom stereocenters. The summed E-state index contributed by atoms with van der Waals surface area (Å²) >= 11 is 1.73. The Morgan fingerprint density at radius 2 is 1.66 bits per heavy atom. The third kappa shape index (κ3) is 9.27. The lowest BCUT2D eigenvalue weighted by Gasteiger charge is -2.19. The summed E-state index contributed by atoms with van der Waals surface area (Å²) in [5.41, 5.74) is 6.94. The number of ether oxygens (including phenoxy) is 1. The molecule has 3 aromatic carbocycles. The fourth-order valence-corrected chi connectivity index (χ4v) is 5.59. The van der Waals surface area contributed by atoms with Crippen LogP contribution in [0.3, 0.4) is 0 Å².